The van der Waals surface area contributed by atoms with Gasteiger partial charge < -0.3 is 39.7 Å². The number of amides is 1. The van der Waals surface area contributed by atoms with Gasteiger partial charge >= 0.3 is 11.9 Å². The third-order valence-corrected chi connectivity index (χ3v) is 9.33. The lowest BCUT2D eigenvalue weighted by molar-refractivity contribution is -0.170. The van der Waals surface area contributed by atoms with Crippen molar-refractivity contribution >= 4 is 17.8 Å². The van der Waals surface area contributed by atoms with Gasteiger partial charge in [0, 0.05) is 18.0 Å². The van der Waals surface area contributed by atoms with Gasteiger partial charge in [0.1, 0.15) is 17.4 Å². The van der Waals surface area contributed by atoms with E-state index in [0.29, 0.717) is 24.9 Å². The van der Waals surface area contributed by atoms with Crippen LogP contribution < -0.4 is 10.1 Å². The molecule has 44 heavy (non-hydrogen) atoms. The van der Waals surface area contributed by atoms with Crippen molar-refractivity contribution in [2.75, 3.05) is 13.6 Å². The largest absolute Gasteiger partial charge is 0.504 e. The Kier molecular flexibility index (Phi) is 7.26. The van der Waals surface area contributed by atoms with Crippen molar-refractivity contribution < 1.29 is 43.9 Å². The molecule has 11 heteroatoms. The van der Waals surface area contributed by atoms with E-state index < -0.39 is 59.1 Å². The zero-order chi connectivity index (χ0) is 31.6. The third-order valence-electron chi connectivity index (χ3n) is 9.33. The van der Waals surface area contributed by atoms with E-state index in [1.807, 2.05) is 13.1 Å². The maximum absolute atomic E-state index is 13.4. The lowest BCUT2D eigenvalue weighted by Crippen LogP contribution is -2.74. The summed E-state index contributed by atoms with van der Waals surface area (Å²) in [7, 11) is 1.98. The second kappa shape index (κ2) is 10.6. The molecule has 2 aromatic rings. The molecule has 2 aliphatic heterocycles. The number of phenols is 1. The van der Waals surface area contributed by atoms with E-state index in [9.17, 15) is 29.7 Å². The zero-order valence-corrected chi connectivity index (χ0v) is 25.2. The van der Waals surface area contributed by atoms with Crippen LogP contribution in [0.4, 0.5) is 0 Å². The van der Waals surface area contributed by atoms with Gasteiger partial charge in [-0.15, -0.1) is 0 Å². The molecule has 6 rings (SSSR count). The number of hydrogen-bond donors (Lipinski definition) is 4. The van der Waals surface area contributed by atoms with Crippen molar-refractivity contribution in [2.45, 2.75) is 87.4 Å². The molecule has 2 unspecified atom stereocenters. The second-order valence-corrected chi connectivity index (χ2v) is 13.2. The van der Waals surface area contributed by atoms with Crippen LogP contribution in [-0.2, 0) is 35.7 Å². The second-order valence-electron chi connectivity index (χ2n) is 13.2. The van der Waals surface area contributed by atoms with Gasteiger partial charge in [-0.2, -0.15) is 0 Å². The summed E-state index contributed by atoms with van der Waals surface area (Å²) < 4.78 is 17.6. The number of nitrogens with zero attached hydrogens (tertiary/aromatic N) is 1. The van der Waals surface area contributed by atoms with Crippen LogP contribution in [0.5, 0.6) is 11.5 Å². The summed E-state index contributed by atoms with van der Waals surface area (Å²) in [6.45, 7) is 5.64. The Morgan fingerprint density at radius 2 is 1.89 bits per heavy atom. The molecule has 234 valence electrons. The minimum atomic E-state index is -1.58. The molecule has 1 saturated heterocycles. The van der Waals surface area contributed by atoms with Gasteiger partial charge in [0.15, 0.2) is 23.7 Å². The Balaban J connectivity index is 1.26. The number of piperidine rings is 1. The van der Waals surface area contributed by atoms with Crippen molar-refractivity contribution in [2.24, 2.45) is 0 Å². The highest BCUT2D eigenvalue weighted by molar-refractivity contribution is 5.90. The minimum absolute atomic E-state index is 0.0531. The average molecular weight is 607 g/mol. The number of nitrogens with one attached hydrogen (secondary N) is 1. The number of aliphatic hydroxyl groups excluding tert-OH is 1. The molecular weight excluding hydrogens is 568 g/mol. The fraction of sp³-hybridized carbons (Fsp3) is 0.485. The number of rotatable bonds is 7. The van der Waals surface area contributed by atoms with Crippen LogP contribution in [0.3, 0.4) is 0 Å². The molecule has 1 fully saturated rings. The Labute approximate surface area is 255 Å². The molecule has 0 aromatic heterocycles. The maximum atomic E-state index is 13.4. The molecule has 2 aromatic carbocycles. The molecule has 2 heterocycles. The average Bonchev–Trinajstić information content (AvgIpc) is 3.33. The molecule has 1 amide bonds. The van der Waals surface area contributed by atoms with Crippen LogP contribution in [0.25, 0.3) is 0 Å². The number of esters is 2. The smallest absolute Gasteiger partial charge is 0.329 e. The molecule has 4 aliphatic rings. The maximum Gasteiger partial charge on any atom is 0.329 e. The number of likely N-dealkylation sites (N-methyl/N-ethyl adjacent to an activating group) is 1. The molecule has 0 saturated carbocycles. The summed E-state index contributed by atoms with van der Waals surface area (Å²) in [6, 6.07) is 9.98. The van der Waals surface area contributed by atoms with Crippen LogP contribution in [0.1, 0.15) is 62.8 Å². The van der Waals surface area contributed by atoms with Gasteiger partial charge in [-0.25, -0.2) is 4.79 Å². The minimum Gasteiger partial charge on any atom is -0.504 e. The molecule has 4 N–H and O–H groups in total. The van der Waals surface area contributed by atoms with Gasteiger partial charge in [-0.1, -0.05) is 36.4 Å². The first-order chi connectivity index (χ1) is 20.7. The van der Waals surface area contributed by atoms with Crippen molar-refractivity contribution in [1.82, 2.24) is 10.2 Å². The van der Waals surface area contributed by atoms with E-state index in [4.69, 9.17) is 14.2 Å². The number of aromatic hydroxyl groups is 1. The van der Waals surface area contributed by atoms with Crippen LogP contribution >= 0.6 is 0 Å². The Morgan fingerprint density at radius 3 is 2.59 bits per heavy atom. The molecular formula is C33H38N2O9. The van der Waals surface area contributed by atoms with Crippen LogP contribution in [-0.4, -0.2) is 81.0 Å². The highest BCUT2D eigenvalue weighted by Gasteiger charge is 2.72. The lowest BCUT2D eigenvalue weighted by atomic mass is 9.50. The Bertz CT molecular complexity index is 1530. The normalized spacial score (nSPS) is 28.1. The van der Waals surface area contributed by atoms with Crippen LogP contribution in [0.2, 0.25) is 0 Å². The fourth-order valence-electron chi connectivity index (χ4n) is 7.38. The van der Waals surface area contributed by atoms with E-state index in [1.54, 1.807) is 63.2 Å². The van der Waals surface area contributed by atoms with E-state index in [0.717, 1.165) is 11.1 Å². The molecule has 2 bridgehead atoms. The SMILES string of the molecule is CN1CCC23c4c5ccc(O)c4OC2C(OC(=O)C[C@H](NC(=O)[C@@H](O)c2ccccc2)C(=O)OC(C)(C)C)=CC[C@@]3(O)[C@H]1C5. The van der Waals surface area contributed by atoms with Gasteiger partial charge in [-0.3, -0.25) is 9.59 Å². The molecule has 0 radical (unpaired) electrons. The van der Waals surface area contributed by atoms with E-state index in [2.05, 4.69) is 10.2 Å². The highest BCUT2D eigenvalue weighted by Crippen LogP contribution is 2.65. The van der Waals surface area contributed by atoms with E-state index in [1.165, 1.54) is 0 Å². The molecule has 1 spiro atoms. The molecule has 6 atom stereocenters. The molecule has 11 nitrogen and oxygen atoms in total. The van der Waals surface area contributed by atoms with Crippen molar-refractivity contribution in [3.05, 3.63) is 71.0 Å². The van der Waals surface area contributed by atoms with Gasteiger partial charge in [0.25, 0.3) is 5.91 Å². The lowest BCUT2D eigenvalue weighted by Gasteiger charge is -2.61. The van der Waals surface area contributed by atoms with E-state index in [-0.39, 0.29) is 29.7 Å². The highest BCUT2D eigenvalue weighted by atomic mass is 16.6. The Morgan fingerprint density at radius 1 is 1.16 bits per heavy atom. The fourth-order valence-corrected chi connectivity index (χ4v) is 7.38. The van der Waals surface area contributed by atoms with Crippen molar-refractivity contribution in [3.8, 4) is 11.5 Å². The predicted molar refractivity (Wildman–Crippen MR) is 156 cm³/mol. The summed E-state index contributed by atoms with van der Waals surface area (Å²) in [4.78, 5) is 41.7. The van der Waals surface area contributed by atoms with E-state index >= 15 is 0 Å². The third kappa shape index (κ3) is 4.74. The monoisotopic (exact) mass is 606 g/mol. The topological polar surface area (TPSA) is 155 Å². The van der Waals surface area contributed by atoms with Gasteiger partial charge in [0.05, 0.1) is 17.4 Å². The first-order valence-corrected chi connectivity index (χ1v) is 14.9. The summed E-state index contributed by atoms with van der Waals surface area (Å²) in [5, 5.41) is 36.0. The first kappa shape index (κ1) is 30.1. The zero-order valence-electron chi connectivity index (χ0n) is 25.2. The first-order valence-electron chi connectivity index (χ1n) is 14.9. The standard InChI is InChI=1S/C33H38N2O9/c1-31(2,3)44-30(40)20(34-29(39)26(38)18-8-6-5-7-9-18)17-24(37)42-22-12-13-33(41)23-16-19-10-11-21(36)27-25(19)32(33,28(22)43-27)14-15-35(23)4/h5-12,20,23,26,28,36,38,41H,13-17H2,1-4H3,(H,34,39)/t20-,23+,26-,28?,32?,33+/m0/s1. The number of aliphatic hydroxyl groups is 2. The summed E-state index contributed by atoms with van der Waals surface area (Å²) in [6.07, 6.45) is -0.131. The summed E-state index contributed by atoms with van der Waals surface area (Å²) in [5.74, 6) is -2.18. The number of carbonyl (C=O) groups is 3. The number of ether oxygens (including phenoxy) is 3. The van der Waals surface area contributed by atoms with Crippen molar-refractivity contribution in [3.63, 3.8) is 0 Å². The van der Waals surface area contributed by atoms with Crippen LogP contribution in [0, 0.1) is 0 Å². The summed E-state index contributed by atoms with van der Waals surface area (Å²) in [5.41, 5.74) is -1.04. The predicted octanol–water partition coefficient (Wildman–Crippen LogP) is 2.16. The van der Waals surface area contributed by atoms with Crippen LogP contribution in [0.15, 0.2) is 54.3 Å². The molecule has 2 aliphatic carbocycles. The number of carbonyl (C=O) groups excluding carboxylic acids is 3. The number of likely N-dealkylation sites (tertiary alicyclic amines) is 1. The van der Waals surface area contributed by atoms with Gasteiger partial charge in [0.2, 0.25) is 0 Å². The quantitative estimate of drug-likeness (QED) is 0.345. The summed E-state index contributed by atoms with van der Waals surface area (Å²) >= 11 is 0. The number of phenolic OH excluding ortho intramolecular Hbond substituents is 1. The number of benzene rings is 2. The Hall–Kier alpha value is -3.93. The number of hydrogen-bond acceptors (Lipinski definition) is 10. The van der Waals surface area contributed by atoms with Gasteiger partial charge in [-0.05, 0) is 70.5 Å². The van der Waals surface area contributed by atoms with Crippen molar-refractivity contribution in [1.29, 1.82) is 0 Å².